The Morgan fingerprint density at radius 3 is 1.74 bits per heavy atom. The van der Waals surface area contributed by atoms with Crippen molar-refractivity contribution in [3.8, 4) is 0 Å². The summed E-state index contributed by atoms with van der Waals surface area (Å²) in [7, 11) is 0. The van der Waals surface area contributed by atoms with Crippen molar-refractivity contribution in [2.75, 3.05) is 18.4 Å². The molecule has 0 aromatic carbocycles. The van der Waals surface area contributed by atoms with Gasteiger partial charge in [0.05, 0.1) is 5.33 Å². The first kappa shape index (κ1) is 29.9. The number of amides is 3. The van der Waals surface area contributed by atoms with Crippen molar-refractivity contribution in [3.63, 3.8) is 0 Å². The lowest BCUT2D eigenvalue weighted by molar-refractivity contribution is -0.134. The normalized spacial score (nSPS) is 14.6. The first-order valence-corrected chi connectivity index (χ1v) is 12.5. The van der Waals surface area contributed by atoms with Gasteiger partial charge in [-0.3, -0.25) is 14.4 Å². The monoisotopic (exact) mass is 503 g/mol. The van der Waals surface area contributed by atoms with Crippen molar-refractivity contribution in [3.05, 3.63) is 0 Å². The van der Waals surface area contributed by atoms with Gasteiger partial charge in [0.15, 0.2) is 0 Å². The molecule has 3 amide bonds. The minimum Gasteiger partial charge on any atom is -0.369 e. The first-order chi connectivity index (χ1) is 14.0. The van der Waals surface area contributed by atoms with E-state index >= 15 is 0 Å². The molecule has 0 radical (unpaired) electrons. The third-order valence-electron chi connectivity index (χ3n) is 5.79. The van der Waals surface area contributed by atoms with Gasteiger partial charge in [-0.25, -0.2) is 0 Å². The fourth-order valence-electron chi connectivity index (χ4n) is 3.87. The number of primary amides is 1. The van der Waals surface area contributed by atoms with Crippen LogP contribution >= 0.6 is 15.9 Å². The van der Waals surface area contributed by atoms with Crippen LogP contribution in [0.3, 0.4) is 0 Å². The summed E-state index contributed by atoms with van der Waals surface area (Å²) in [6.45, 7) is 17.9. The van der Waals surface area contributed by atoms with E-state index in [1.54, 1.807) is 0 Å². The van der Waals surface area contributed by atoms with Gasteiger partial charge >= 0.3 is 0 Å². The van der Waals surface area contributed by atoms with Gasteiger partial charge in [0.1, 0.15) is 0 Å². The van der Waals surface area contributed by atoms with Crippen molar-refractivity contribution in [2.45, 2.75) is 87.5 Å². The minimum atomic E-state index is -0.387. The third-order valence-corrected chi connectivity index (χ3v) is 6.30. The summed E-state index contributed by atoms with van der Waals surface area (Å²) >= 11 is 3.12. The maximum atomic E-state index is 13.1. The Hall–Kier alpha value is -1.11. The summed E-state index contributed by atoms with van der Waals surface area (Å²) in [5.74, 6) is -0.779. The Balaban J connectivity index is 4.93. The molecule has 182 valence electrons. The lowest BCUT2D eigenvalue weighted by Gasteiger charge is -2.41. The zero-order valence-corrected chi connectivity index (χ0v) is 22.6. The first-order valence-electron chi connectivity index (χ1n) is 11.4. The second kappa shape index (κ2) is 12.8. The van der Waals surface area contributed by atoms with Gasteiger partial charge in [-0.05, 0) is 48.3 Å². The summed E-state index contributed by atoms with van der Waals surface area (Å²) in [5, 5.41) is 6.23. The van der Waals surface area contributed by atoms with Crippen LogP contribution in [0.25, 0.3) is 0 Å². The molecule has 0 spiro atoms. The molecule has 0 fully saturated rings. The summed E-state index contributed by atoms with van der Waals surface area (Å²) in [6.07, 6.45) is 3.98. The lowest BCUT2D eigenvalue weighted by Crippen LogP contribution is -2.45. The number of hydrogen-bond acceptors (Lipinski definition) is 3. The predicted octanol–water partition coefficient (Wildman–Crippen LogP) is 4.40. The number of halogens is 1. The van der Waals surface area contributed by atoms with E-state index in [1.807, 2.05) is 0 Å². The van der Waals surface area contributed by atoms with Gasteiger partial charge in [0.2, 0.25) is 17.7 Å². The fourth-order valence-corrected chi connectivity index (χ4v) is 4.07. The summed E-state index contributed by atoms with van der Waals surface area (Å²) in [4.78, 5) is 36.5. The number of nitrogens with one attached hydrogen (secondary N) is 2. The Bertz CT molecular complexity index is 592. The summed E-state index contributed by atoms with van der Waals surface area (Å²) in [6, 6.07) is 0. The fraction of sp³-hybridized carbons (Fsp3) is 0.875. The maximum absolute atomic E-state index is 13.1. The van der Waals surface area contributed by atoms with Crippen LogP contribution in [0.4, 0.5) is 0 Å². The van der Waals surface area contributed by atoms with Crippen molar-refractivity contribution in [1.29, 1.82) is 0 Å². The number of alkyl halides is 1. The molecule has 0 aromatic heterocycles. The van der Waals surface area contributed by atoms with Gasteiger partial charge in [-0.2, -0.15) is 0 Å². The summed E-state index contributed by atoms with van der Waals surface area (Å²) in [5.41, 5.74) is 5.15. The summed E-state index contributed by atoms with van der Waals surface area (Å²) < 4.78 is 0. The Labute approximate surface area is 198 Å². The molecule has 6 nitrogen and oxygen atoms in total. The molecule has 0 aliphatic rings. The van der Waals surface area contributed by atoms with E-state index < -0.39 is 0 Å². The second-order valence-corrected chi connectivity index (χ2v) is 12.2. The molecule has 0 heterocycles. The topological polar surface area (TPSA) is 101 Å². The highest BCUT2D eigenvalue weighted by molar-refractivity contribution is 9.09. The highest BCUT2D eigenvalue weighted by atomic mass is 79.9. The zero-order chi connectivity index (χ0) is 24.5. The molecule has 2 unspecified atom stereocenters. The van der Waals surface area contributed by atoms with Crippen LogP contribution in [-0.2, 0) is 14.4 Å². The van der Waals surface area contributed by atoms with Crippen LogP contribution in [0.2, 0.25) is 0 Å². The highest BCUT2D eigenvalue weighted by Gasteiger charge is 2.42. The van der Waals surface area contributed by atoms with Crippen LogP contribution in [-0.4, -0.2) is 36.1 Å². The number of hydrogen-bond donors (Lipinski definition) is 3. The molecule has 0 bridgehead atoms. The van der Waals surface area contributed by atoms with Gasteiger partial charge in [-0.1, -0.05) is 71.3 Å². The van der Waals surface area contributed by atoms with E-state index in [9.17, 15) is 14.4 Å². The van der Waals surface area contributed by atoms with E-state index in [4.69, 9.17) is 5.73 Å². The minimum absolute atomic E-state index is 0.00957. The van der Waals surface area contributed by atoms with Gasteiger partial charge in [0.25, 0.3) is 0 Å². The molecule has 0 aliphatic carbocycles. The standard InChI is InChI=1S/C24H46BrN3O3/c1-22(2,3)14-17(20(26)30)24(7,8)15-18(23(4,5)6)21(31)28-13-11-9-10-12-27-19(29)16-25/h17-18H,9-16H2,1-8H3,(H2,26,30)(H,27,29)(H,28,31). The van der Waals surface area contributed by atoms with Crippen LogP contribution in [0, 0.1) is 28.1 Å². The molecule has 7 heteroatoms. The van der Waals surface area contributed by atoms with Gasteiger partial charge < -0.3 is 16.4 Å². The van der Waals surface area contributed by atoms with Crippen LogP contribution < -0.4 is 16.4 Å². The molecular weight excluding hydrogens is 458 g/mol. The Morgan fingerprint density at radius 2 is 1.32 bits per heavy atom. The SMILES string of the molecule is CC(C)(C)CC(C(N)=O)C(C)(C)CC(C(=O)NCCCCCNC(=O)CBr)C(C)(C)C. The number of rotatable bonds is 13. The number of carbonyl (C=O) groups excluding carboxylic acids is 3. The molecule has 2 atom stereocenters. The molecule has 4 N–H and O–H groups in total. The van der Waals surface area contributed by atoms with Crippen molar-refractivity contribution in [2.24, 2.45) is 33.8 Å². The van der Waals surface area contributed by atoms with Crippen molar-refractivity contribution < 1.29 is 14.4 Å². The molecular formula is C24H46BrN3O3. The van der Waals surface area contributed by atoms with Crippen LogP contribution in [0.1, 0.15) is 87.5 Å². The number of nitrogens with two attached hydrogens (primary N) is 1. The second-order valence-electron chi connectivity index (χ2n) is 11.7. The van der Waals surface area contributed by atoms with E-state index in [0.717, 1.165) is 19.3 Å². The molecule has 0 rings (SSSR count). The third kappa shape index (κ3) is 12.5. The van der Waals surface area contributed by atoms with Gasteiger partial charge in [0, 0.05) is 24.9 Å². The Morgan fingerprint density at radius 1 is 0.806 bits per heavy atom. The smallest absolute Gasteiger partial charge is 0.230 e. The molecule has 31 heavy (non-hydrogen) atoms. The van der Waals surface area contributed by atoms with E-state index in [0.29, 0.717) is 31.3 Å². The zero-order valence-electron chi connectivity index (χ0n) is 21.0. The number of carbonyl (C=O) groups is 3. The van der Waals surface area contributed by atoms with Crippen molar-refractivity contribution in [1.82, 2.24) is 10.6 Å². The number of unbranched alkanes of at least 4 members (excludes halogenated alkanes) is 2. The van der Waals surface area contributed by atoms with Gasteiger partial charge in [-0.15, -0.1) is 0 Å². The van der Waals surface area contributed by atoms with E-state index in [-0.39, 0.29) is 45.8 Å². The molecule has 0 saturated heterocycles. The van der Waals surface area contributed by atoms with Crippen molar-refractivity contribution >= 4 is 33.7 Å². The predicted molar refractivity (Wildman–Crippen MR) is 132 cm³/mol. The average molecular weight is 505 g/mol. The maximum Gasteiger partial charge on any atom is 0.230 e. The van der Waals surface area contributed by atoms with E-state index in [1.165, 1.54) is 0 Å². The van der Waals surface area contributed by atoms with E-state index in [2.05, 4.69) is 82.0 Å². The molecule has 0 saturated carbocycles. The quantitative estimate of drug-likeness (QED) is 0.256. The molecule has 0 aliphatic heterocycles. The lowest BCUT2D eigenvalue weighted by atomic mass is 9.63. The average Bonchev–Trinajstić information content (AvgIpc) is 2.61. The van der Waals surface area contributed by atoms with Crippen LogP contribution in [0.5, 0.6) is 0 Å². The van der Waals surface area contributed by atoms with Crippen LogP contribution in [0.15, 0.2) is 0 Å². The Kier molecular flexibility index (Phi) is 12.3. The molecule has 0 aromatic rings. The largest absolute Gasteiger partial charge is 0.369 e. The highest BCUT2D eigenvalue weighted by Crippen LogP contribution is 2.44.